The number of carboxylic acid groups (broad SMARTS) is 1. The number of hydrogen-bond donors (Lipinski definition) is 1. The van der Waals surface area contributed by atoms with Crippen molar-refractivity contribution in [1.29, 1.82) is 0 Å². The number of ether oxygens (including phenoxy) is 1. The topological polar surface area (TPSA) is 90.1 Å². The van der Waals surface area contributed by atoms with E-state index in [1.807, 2.05) is 12.3 Å². The van der Waals surface area contributed by atoms with Crippen LogP contribution in [-0.4, -0.2) is 38.2 Å². The second kappa shape index (κ2) is 5.57. The summed E-state index contributed by atoms with van der Waals surface area (Å²) >= 11 is 1.38. The Morgan fingerprint density at radius 2 is 2.05 bits per heavy atom. The molecule has 0 bridgehead atoms. The molecule has 0 amide bonds. The van der Waals surface area contributed by atoms with E-state index in [0.29, 0.717) is 22.1 Å². The van der Waals surface area contributed by atoms with Gasteiger partial charge in [-0.05, 0) is 31.2 Å². The molecule has 0 aliphatic heterocycles. The summed E-state index contributed by atoms with van der Waals surface area (Å²) in [6, 6.07) is 7.04. The van der Waals surface area contributed by atoms with Crippen molar-refractivity contribution < 1.29 is 14.6 Å². The summed E-state index contributed by atoms with van der Waals surface area (Å²) in [5.74, 6) is -0.449. The van der Waals surface area contributed by atoms with Crippen LogP contribution in [0.25, 0.3) is 16.4 Å². The van der Waals surface area contributed by atoms with Crippen LogP contribution < -0.4 is 4.74 Å². The molecule has 2 aromatic heterocycles. The first-order valence-corrected chi connectivity index (χ1v) is 7.24. The third-order valence-electron chi connectivity index (χ3n) is 3.02. The molecule has 0 atom stereocenters. The van der Waals surface area contributed by atoms with Crippen molar-refractivity contribution in [1.82, 2.24) is 20.0 Å². The van der Waals surface area contributed by atoms with Gasteiger partial charge in [-0.3, -0.25) is 0 Å². The summed E-state index contributed by atoms with van der Waals surface area (Å²) in [6.07, 6.45) is 0. The highest BCUT2D eigenvalue weighted by molar-refractivity contribution is 7.12. The summed E-state index contributed by atoms with van der Waals surface area (Å²) in [6.45, 7) is 1.86. The molecule has 0 spiro atoms. The molecule has 0 aliphatic carbocycles. The van der Waals surface area contributed by atoms with Crippen LogP contribution in [0, 0.1) is 6.92 Å². The Bertz CT molecular complexity index is 823. The fourth-order valence-corrected chi connectivity index (χ4v) is 2.76. The predicted octanol–water partition coefficient (Wildman–Crippen LogP) is 2.41. The number of carbonyl (C=O) groups is 1. The maximum absolute atomic E-state index is 11.4. The first-order chi connectivity index (χ1) is 10.6. The van der Waals surface area contributed by atoms with Gasteiger partial charge in [0.05, 0.1) is 12.8 Å². The van der Waals surface area contributed by atoms with Gasteiger partial charge >= 0.3 is 5.97 Å². The number of hydrogen-bond acceptors (Lipinski definition) is 6. The van der Waals surface area contributed by atoms with E-state index in [1.54, 1.807) is 31.4 Å². The largest absolute Gasteiger partial charge is 0.497 e. The van der Waals surface area contributed by atoms with E-state index in [9.17, 15) is 9.90 Å². The molecular weight excluding hydrogens is 304 g/mol. The van der Waals surface area contributed by atoms with E-state index >= 15 is 0 Å². The normalized spacial score (nSPS) is 10.6. The van der Waals surface area contributed by atoms with Crippen molar-refractivity contribution in [3.05, 3.63) is 41.0 Å². The number of thiazole rings is 1. The molecule has 3 rings (SSSR count). The van der Waals surface area contributed by atoms with Crippen LogP contribution >= 0.6 is 11.3 Å². The van der Waals surface area contributed by atoms with Gasteiger partial charge in [0.2, 0.25) is 5.13 Å². The van der Waals surface area contributed by atoms with Gasteiger partial charge in [0.1, 0.15) is 11.4 Å². The molecule has 0 saturated heterocycles. The molecule has 0 fully saturated rings. The lowest BCUT2D eigenvalue weighted by molar-refractivity contribution is 0.0691. The molecule has 22 heavy (non-hydrogen) atoms. The second-order valence-corrected chi connectivity index (χ2v) is 5.34. The zero-order valence-electron chi connectivity index (χ0n) is 11.8. The molecule has 1 aromatic carbocycles. The summed E-state index contributed by atoms with van der Waals surface area (Å²) in [5.41, 5.74) is 1.80. The van der Waals surface area contributed by atoms with E-state index in [4.69, 9.17) is 4.74 Å². The lowest BCUT2D eigenvalue weighted by Gasteiger charge is -2.05. The molecular formula is C14H12N4O3S. The summed E-state index contributed by atoms with van der Waals surface area (Å²) in [7, 11) is 1.57. The number of aromatic carboxylic acids is 1. The Kier molecular flexibility index (Phi) is 3.60. The second-order valence-electron chi connectivity index (χ2n) is 4.50. The van der Waals surface area contributed by atoms with Gasteiger partial charge in [0, 0.05) is 10.9 Å². The molecule has 0 radical (unpaired) electrons. The highest BCUT2D eigenvalue weighted by atomic mass is 32.1. The maximum Gasteiger partial charge on any atom is 0.358 e. The van der Waals surface area contributed by atoms with Crippen molar-refractivity contribution in [2.45, 2.75) is 6.92 Å². The van der Waals surface area contributed by atoms with Gasteiger partial charge in [0.15, 0.2) is 5.69 Å². The first-order valence-electron chi connectivity index (χ1n) is 6.36. The van der Waals surface area contributed by atoms with Gasteiger partial charge in [0.25, 0.3) is 0 Å². The molecule has 3 aromatic rings. The smallest absolute Gasteiger partial charge is 0.358 e. The van der Waals surface area contributed by atoms with Crippen LogP contribution in [0.5, 0.6) is 5.75 Å². The minimum atomic E-state index is -1.13. The SMILES string of the molecule is COc1ccc(-c2c(C(=O)O)nnn2-c2nc(C)cs2)cc1. The minimum absolute atomic E-state index is 0.113. The number of rotatable bonds is 4. The Morgan fingerprint density at radius 1 is 1.32 bits per heavy atom. The zero-order valence-corrected chi connectivity index (χ0v) is 12.7. The lowest BCUT2D eigenvalue weighted by Crippen LogP contribution is -2.03. The van der Waals surface area contributed by atoms with E-state index in [1.165, 1.54) is 16.0 Å². The number of aryl methyl sites for hydroxylation is 1. The number of nitrogens with zero attached hydrogens (tertiary/aromatic N) is 4. The molecule has 0 unspecified atom stereocenters. The molecule has 7 nitrogen and oxygen atoms in total. The van der Waals surface area contributed by atoms with Gasteiger partial charge in [-0.25, -0.2) is 9.78 Å². The van der Waals surface area contributed by atoms with Crippen molar-refractivity contribution in [3.8, 4) is 22.1 Å². The standard InChI is InChI=1S/C14H12N4O3S/c1-8-7-22-14(15-8)18-12(11(13(19)20)16-17-18)9-3-5-10(21-2)6-4-9/h3-7H,1-2H3,(H,19,20). The molecule has 2 heterocycles. The van der Waals surface area contributed by atoms with Crippen LogP contribution in [0.2, 0.25) is 0 Å². The van der Waals surface area contributed by atoms with E-state index < -0.39 is 5.97 Å². The highest BCUT2D eigenvalue weighted by Gasteiger charge is 2.22. The lowest BCUT2D eigenvalue weighted by atomic mass is 10.1. The minimum Gasteiger partial charge on any atom is -0.497 e. The molecule has 8 heteroatoms. The fraction of sp³-hybridized carbons (Fsp3) is 0.143. The monoisotopic (exact) mass is 316 g/mol. The third kappa shape index (κ3) is 2.44. The van der Waals surface area contributed by atoms with Gasteiger partial charge in [-0.15, -0.1) is 16.4 Å². The van der Waals surface area contributed by atoms with Crippen LogP contribution in [0.4, 0.5) is 0 Å². The molecule has 1 N–H and O–H groups in total. The molecule has 112 valence electrons. The van der Waals surface area contributed by atoms with E-state index in [2.05, 4.69) is 15.3 Å². The molecule has 0 aliphatic rings. The van der Waals surface area contributed by atoms with Crippen LogP contribution in [0.1, 0.15) is 16.2 Å². The Morgan fingerprint density at radius 3 is 2.59 bits per heavy atom. The Hall–Kier alpha value is -2.74. The zero-order chi connectivity index (χ0) is 15.7. The van der Waals surface area contributed by atoms with Crippen LogP contribution in [0.15, 0.2) is 29.6 Å². The van der Waals surface area contributed by atoms with Gasteiger partial charge < -0.3 is 9.84 Å². The number of aromatic nitrogens is 4. The van der Waals surface area contributed by atoms with Crippen molar-refractivity contribution in [3.63, 3.8) is 0 Å². The van der Waals surface area contributed by atoms with Crippen molar-refractivity contribution >= 4 is 17.3 Å². The van der Waals surface area contributed by atoms with Gasteiger partial charge in [-0.1, -0.05) is 5.21 Å². The average Bonchev–Trinajstić information content (AvgIpc) is 3.13. The number of carboxylic acids is 1. The van der Waals surface area contributed by atoms with Crippen LogP contribution in [0.3, 0.4) is 0 Å². The summed E-state index contributed by atoms with van der Waals surface area (Å²) in [5, 5.41) is 19.5. The quantitative estimate of drug-likeness (QED) is 0.795. The third-order valence-corrected chi connectivity index (χ3v) is 3.96. The van der Waals surface area contributed by atoms with Crippen molar-refractivity contribution in [2.75, 3.05) is 7.11 Å². The average molecular weight is 316 g/mol. The number of benzene rings is 1. The van der Waals surface area contributed by atoms with Crippen LogP contribution in [-0.2, 0) is 0 Å². The molecule has 0 saturated carbocycles. The Balaban J connectivity index is 2.18. The number of methoxy groups -OCH3 is 1. The van der Waals surface area contributed by atoms with E-state index in [0.717, 1.165) is 5.69 Å². The highest BCUT2D eigenvalue weighted by Crippen LogP contribution is 2.28. The van der Waals surface area contributed by atoms with E-state index in [-0.39, 0.29) is 5.69 Å². The maximum atomic E-state index is 11.4. The fourth-order valence-electron chi connectivity index (χ4n) is 2.01. The van der Waals surface area contributed by atoms with Gasteiger partial charge in [-0.2, -0.15) is 4.68 Å². The summed E-state index contributed by atoms with van der Waals surface area (Å²) < 4.78 is 6.57. The Labute approximate surface area is 129 Å². The predicted molar refractivity (Wildman–Crippen MR) is 80.7 cm³/mol. The summed E-state index contributed by atoms with van der Waals surface area (Å²) in [4.78, 5) is 15.7. The first kappa shape index (κ1) is 14.2. The van der Waals surface area contributed by atoms with Crippen molar-refractivity contribution in [2.24, 2.45) is 0 Å².